The van der Waals surface area contributed by atoms with Gasteiger partial charge < -0.3 is 10.1 Å². The van der Waals surface area contributed by atoms with E-state index in [4.69, 9.17) is 4.74 Å². The lowest BCUT2D eigenvalue weighted by Crippen LogP contribution is -2.34. The van der Waals surface area contributed by atoms with Crippen LogP contribution in [-0.4, -0.2) is 13.7 Å². The third-order valence-electron chi connectivity index (χ3n) is 4.01. The van der Waals surface area contributed by atoms with Crippen LogP contribution in [0.25, 0.3) is 0 Å². The first-order valence-corrected chi connectivity index (χ1v) is 7.46. The van der Waals surface area contributed by atoms with E-state index in [0.717, 1.165) is 12.3 Å². The fourth-order valence-electron chi connectivity index (χ4n) is 2.53. The Morgan fingerprint density at radius 2 is 1.62 bits per heavy atom. The predicted molar refractivity (Wildman–Crippen MR) is 88.9 cm³/mol. The van der Waals surface area contributed by atoms with Crippen molar-refractivity contribution in [2.24, 2.45) is 0 Å². The topological polar surface area (TPSA) is 21.3 Å². The summed E-state index contributed by atoms with van der Waals surface area (Å²) in [4.78, 5) is 0. The maximum absolute atomic E-state index is 5.44. The molecule has 0 heterocycles. The smallest absolute Gasteiger partial charge is 0.123 e. The van der Waals surface area contributed by atoms with Gasteiger partial charge in [0.05, 0.1) is 7.11 Å². The van der Waals surface area contributed by atoms with Crippen molar-refractivity contribution in [1.29, 1.82) is 0 Å². The second kappa shape index (κ2) is 6.77. The summed E-state index contributed by atoms with van der Waals surface area (Å²) in [5.41, 5.74) is 2.64. The molecule has 21 heavy (non-hydrogen) atoms. The number of para-hydroxylation sites is 1. The molecule has 0 aliphatic heterocycles. The van der Waals surface area contributed by atoms with Crippen molar-refractivity contribution in [2.75, 3.05) is 13.7 Å². The summed E-state index contributed by atoms with van der Waals surface area (Å²) in [7, 11) is 1.72. The maximum Gasteiger partial charge on any atom is 0.123 e. The van der Waals surface area contributed by atoms with Gasteiger partial charge in [0.25, 0.3) is 0 Å². The quantitative estimate of drug-likeness (QED) is 0.852. The van der Waals surface area contributed by atoms with Gasteiger partial charge in [0.1, 0.15) is 5.75 Å². The van der Waals surface area contributed by atoms with Gasteiger partial charge in [0, 0.05) is 23.6 Å². The normalized spacial score (nSPS) is 13.0. The van der Waals surface area contributed by atoms with E-state index in [9.17, 15) is 0 Å². The number of nitrogens with one attached hydrogen (secondary N) is 1. The number of rotatable bonds is 6. The molecule has 2 nitrogen and oxygen atoms in total. The van der Waals surface area contributed by atoms with Gasteiger partial charge in [-0.1, -0.05) is 62.4 Å². The van der Waals surface area contributed by atoms with Crippen LogP contribution in [0.1, 0.15) is 37.9 Å². The summed E-state index contributed by atoms with van der Waals surface area (Å²) >= 11 is 0. The van der Waals surface area contributed by atoms with Crippen LogP contribution in [0.5, 0.6) is 5.75 Å². The Morgan fingerprint density at radius 3 is 2.29 bits per heavy atom. The molecule has 0 amide bonds. The van der Waals surface area contributed by atoms with Crippen LogP contribution in [0.4, 0.5) is 0 Å². The predicted octanol–water partition coefficient (Wildman–Crippen LogP) is 4.32. The average Bonchev–Trinajstić information content (AvgIpc) is 2.53. The monoisotopic (exact) mass is 283 g/mol. The van der Waals surface area contributed by atoms with E-state index in [0.29, 0.717) is 0 Å². The molecule has 2 rings (SSSR count). The van der Waals surface area contributed by atoms with Crippen molar-refractivity contribution in [2.45, 2.75) is 32.2 Å². The van der Waals surface area contributed by atoms with Crippen molar-refractivity contribution >= 4 is 0 Å². The minimum atomic E-state index is 0.0948. The number of benzene rings is 2. The summed E-state index contributed by atoms with van der Waals surface area (Å²) in [5.74, 6) is 0.940. The molecule has 2 aromatic rings. The number of ether oxygens (including phenoxy) is 1. The van der Waals surface area contributed by atoms with E-state index in [1.165, 1.54) is 11.1 Å². The molecule has 2 aromatic carbocycles. The van der Waals surface area contributed by atoms with Crippen LogP contribution >= 0.6 is 0 Å². The van der Waals surface area contributed by atoms with Gasteiger partial charge in [0.15, 0.2) is 0 Å². The van der Waals surface area contributed by atoms with E-state index in [-0.39, 0.29) is 11.5 Å². The van der Waals surface area contributed by atoms with Gasteiger partial charge in [-0.2, -0.15) is 0 Å². The summed E-state index contributed by atoms with van der Waals surface area (Å²) in [6, 6.07) is 19.1. The number of methoxy groups -OCH3 is 1. The van der Waals surface area contributed by atoms with Crippen molar-refractivity contribution in [3.05, 3.63) is 65.7 Å². The van der Waals surface area contributed by atoms with Crippen LogP contribution in [-0.2, 0) is 5.41 Å². The van der Waals surface area contributed by atoms with E-state index >= 15 is 0 Å². The highest BCUT2D eigenvalue weighted by Gasteiger charge is 2.21. The summed E-state index contributed by atoms with van der Waals surface area (Å²) in [6.45, 7) is 7.63. The van der Waals surface area contributed by atoms with Crippen LogP contribution in [0.15, 0.2) is 54.6 Å². The van der Waals surface area contributed by atoms with Crippen LogP contribution in [0.3, 0.4) is 0 Å². The number of hydrogen-bond acceptors (Lipinski definition) is 2. The summed E-state index contributed by atoms with van der Waals surface area (Å²) in [5, 5.41) is 3.63. The van der Waals surface area contributed by atoms with Crippen molar-refractivity contribution in [3.8, 4) is 5.75 Å². The number of hydrogen-bond donors (Lipinski definition) is 1. The SMILES string of the molecule is COc1ccccc1C(C)NCC(C)(C)c1ccccc1. The molecule has 0 fully saturated rings. The van der Waals surface area contributed by atoms with Crippen molar-refractivity contribution < 1.29 is 4.74 Å². The molecule has 0 saturated carbocycles. The Balaban J connectivity index is 2.05. The molecule has 112 valence electrons. The molecule has 0 aromatic heterocycles. The molecular weight excluding hydrogens is 258 g/mol. The molecule has 0 saturated heterocycles. The highest BCUT2D eigenvalue weighted by Crippen LogP contribution is 2.27. The van der Waals surface area contributed by atoms with Crippen molar-refractivity contribution in [3.63, 3.8) is 0 Å². The zero-order chi connectivity index (χ0) is 15.3. The highest BCUT2D eigenvalue weighted by molar-refractivity contribution is 5.35. The summed E-state index contributed by atoms with van der Waals surface area (Å²) < 4.78 is 5.44. The lowest BCUT2D eigenvalue weighted by molar-refractivity contribution is 0.391. The van der Waals surface area contributed by atoms with E-state index in [1.807, 2.05) is 12.1 Å². The van der Waals surface area contributed by atoms with E-state index in [1.54, 1.807) is 7.11 Å². The Kier molecular flexibility index (Phi) is 5.03. The van der Waals surface area contributed by atoms with Gasteiger partial charge in [-0.15, -0.1) is 0 Å². The third-order valence-corrected chi connectivity index (χ3v) is 4.01. The molecule has 0 aliphatic carbocycles. The average molecular weight is 283 g/mol. The van der Waals surface area contributed by atoms with Crippen LogP contribution in [0, 0.1) is 0 Å². The van der Waals surface area contributed by atoms with Gasteiger partial charge >= 0.3 is 0 Å². The molecule has 1 N–H and O–H groups in total. The first-order valence-electron chi connectivity index (χ1n) is 7.46. The Bertz CT molecular complexity index is 563. The van der Waals surface area contributed by atoms with Gasteiger partial charge in [-0.25, -0.2) is 0 Å². The Hall–Kier alpha value is -1.80. The van der Waals surface area contributed by atoms with E-state index in [2.05, 4.69) is 68.6 Å². The van der Waals surface area contributed by atoms with Crippen LogP contribution in [0.2, 0.25) is 0 Å². The summed E-state index contributed by atoms with van der Waals surface area (Å²) in [6.07, 6.45) is 0. The lowest BCUT2D eigenvalue weighted by Gasteiger charge is -2.28. The molecule has 1 unspecified atom stereocenters. The largest absolute Gasteiger partial charge is 0.496 e. The molecule has 2 heteroatoms. The second-order valence-electron chi connectivity index (χ2n) is 6.09. The fraction of sp³-hybridized carbons (Fsp3) is 0.368. The first kappa shape index (κ1) is 15.6. The zero-order valence-corrected chi connectivity index (χ0v) is 13.4. The highest BCUT2D eigenvalue weighted by atomic mass is 16.5. The Labute approximate surface area is 128 Å². The molecule has 0 spiro atoms. The maximum atomic E-state index is 5.44. The molecule has 0 bridgehead atoms. The van der Waals surface area contributed by atoms with Crippen LogP contribution < -0.4 is 10.1 Å². The van der Waals surface area contributed by atoms with Crippen molar-refractivity contribution in [1.82, 2.24) is 5.32 Å². The standard InChI is InChI=1S/C19H25NO/c1-15(17-12-8-9-13-18(17)21-4)20-14-19(2,3)16-10-6-5-7-11-16/h5-13,15,20H,14H2,1-4H3. The molecule has 0 aliphatic rings. The van der Waals surface area contributed by atoms with Gasteiger partial charge in [-0.05, 0) is 18.6 Å². The fourth-order valence-corrected chi connectivity index (χ4v) is 2.53. The minimum Gasteiger partial charge on any atom is -0.496 e. The second-order valence-corrected chi connectivity index (χ2v) is 6.09. The lowest BCUT2D eigenvalue weighted by atomic mass is 9.84. The molecule has 0 radical (unpaired) electrons. The van der Waals surface area contributed by atoms with Gasteiger partial charge in [-0.3, -0.25) is 0 Å². The van der Waals surface area contributed by atoms with Gasteiger partial charge in [0.2, 0.25) is 0 Å². The van der Waals surface area contributed by atoms with E-state index < -0.39 is 0 Å². The molecular formula is C19H25NO. The third kappa shape index (κ3) is 3.85. The zero-order valence-electron chi connectivity index (χ0n) is 13.4. The first-order chi connectivity index (χ1) is 10.0. The Morgan fingerprint density at radius 1 is 1.00 bits per heavy atom. The molecule has 1 atom stereocenters. The minimum absolute atomic E-state index is 0.0948.